The third-order valence-electron chi connectivity index (χ3n) is 3.49. The molecule has 1 rings (SSSR count). The van der Waals surface area contributed by atoms with Gasteiger partial charge < -0.3 is 19.3 Å². The van der Waals surface area contributed by atoms with E-state index in [1.54, 1.807) is 19.1 Å². The normalized spacial score (nSPS) is 15.8. The molecule has 0 aromatic rings. The highest BCUT2D eigenvalue weighted by Gasteiger charge is 2.27. The third kappa shape index (κ3) is 5.46. The second-order valence-electron chi connectivity index (χ2n) is 4.98. The van der Waals surface area contributed by atoms with E-state index in [-0.39, 0.29) is 5.91 Å². The molecule has 1 saturated heterocycles. The number of ether oxygens (including phenoxy) is 2. The molecular formula is C14H26N2O4. The minimum Gasteiger partial charge on any atom is -0.383 e. The van der Waals surface area contributed by atoms with Gasteiger partial charge in [0.25, 0.3) is 0 Å². The van der Waals surface area contributed by atoms with E-state index < -0.39 is 5.91 Å². The molecule has 0 unspecified atom stereocenters. The molecule has 0 bridgehead atoms. The minimum atomic E-state index is -0.444. The summed E-state index contributed by atoms with van der Waals surface area (Å²) >= 11 is 0. The van der Waals surface area contributed by atoms with Gasteiger partial charge in [-0.1, -0.05) is 12.8 Å². The first-order valence-electron chi connectivity index (χ1n) is 7.26. The maximum atomic E-state index is 12.3. The summed E-state index contributed by atoms with van der Waals surface area (Å²) in [4.78, 5) is 27.8. The molecule has 0 atom stereocenters. The lowest BCUT2D eigenvalue weighted by atomic mass is 10.2. The van der Waals surface area contributed by atoms with Crippen LogP contribution in [0.3, 0.4) is 0 Å². The Hall–Kier alpha value is -1.14. The fourth-order valence-corrected chi connectivity index (χ4v) is 2.26. The molecule has 0 aliphatic carbocycles. The van der Waals surface area contributed by atoms with Gasteiger partial charge in [0, 0.05) is 40.4 Å². The highest BCUT2D eigenvalue weighted by Crippen LogP contribution is 2.10. The molecule has 1 aliphatic rings. The van der Waals surface area contributed by atoms with Crippen LogP contribution in [-0.2, 0) is 19.1 Å². The second-order valence-corrected chi connectivity index (χ2v) is 4.98. The molecule has 1 heterocycles. The summed E-state index contributed by atoms with van der Waals surface area (Å²) in [7, 11) is 3.16. The first kappa shape index (κ1) is 16.9. The van der Waals surface area contributed by atoms with Gasteiger partial charge in [-0.2, -0.15) is 0 Å². The quantitative estimate of drug-likeness (QED) is 0.668. The van der Waals surface area contributed by atoms with E-state index in [4.69, 9.17) is 9.47 Å². The average Bonchev–Trinajstić information content (AvgIpc) is 2.75. The molecule has 6 heteroatoms. The van der Waals surface area contributed by atoms with Crippen LogP contribution in [0, 0.1) is 0 Å². The van der Waals surface area contributed by atoms with Gasteiger partial charge >= 0.3 is 11.8 Å². The van der Waals surface area contributed by atoms with Crippen molar-refractivity contribution in [1.82, 2.24) is 9.80 Å². The number of methoxy groups -OCH3 is 2. The van der Waals surface area contributed by atoms with E-state index >= 15 is 0 Å². The molecule has 20 heavy (non-hydrogen) atoms. The van der Waals surface area contributed by atoms with Crippen molar-refractivity contribution >= 4 is 11.8 Å². The highest BCUT2D eigenvalue weighted by atomic mass is 16.5. The maximum Gasteiger partial charge on any atom is 0.312 e. The van der Waals surface area contributed by atoms with Crippen LogP contribution in [-0.4, -0.2) is 75.2 Å². The largest absolute Gasteiger partial charge is 0.383 e. The lowest BCUT2D eigenvalue weighted by molar-refractivity contribution is -0.152. The van der Waals surface area contributed by atoms with Crippen LogP contribution in [0.2, 0.25) is 0 Å². The van der Waals surface area contributed by atoms with E-state index in [1.807, 2.05) is 0 Å². The molecule has 116 valence electrons. The monoisotopic (exact) mass is 286 g/mol. The van der Waals surface area contributed by atoms with Crippen LogP contribution in [0.5, 0.6) is 0 Å². The van der Waals surface area contributed by atoms with Crippen molar-refractivity contribution in [3.05, 3.63) is 0 Å². The van der Waals surface area contributed by atoms with Crippen LogP contribution in [0.1, 0.15) is 25.7 Å². The fraction of sp³-hybridized carbons (Fsp3) is 0.857. The van der Waals surface area contributed by atoms with E-state index in [0.29, 0.717) is 39.4 Å². The molecule has 2 amide bonds. The van der Waals surface area contributed by atoms with Crippen molar-refractivity contribution in [2.75, 3.05) is 53.6 Å². The Balaban J connectivity index is 2.58. The van der Waals surface area contributed by atoms with Crippen molar-refractivity contribution in [3.63, 3.8) is 0 Å². The van der Waals surface area contributed by atoms with E-state index in [0.717, 1.165) is 25.7 Å². The summed E-state index contributed by atoms with van der Waals surface area (Å²) in [6.07, 6.45) is 4.23. The number of likely N-dealkylation sites (tertiary alicyclic amines) is 1. The molecule has 0 N–H and O–H groups in total. The minimum absolute atomic E-state index is 0.390. The van der Waals surface area contributed by atoms with E-state index in [1.165, 1.54) is 4.90 Å². The Kier molecular flexibility index (Phi) is 8.22. The Labute approximate surface area is 121 Å². The van der Waals surface area contributed by atoms with Gasteiger partial charge in [0.1, 0.15) is 0 Å². The zero-order valence-electron chi connectivity index (χ0n) is 12.6. The van der Waals surface area contributed by atoms with Crippen molar-refractivity contribution in [2.24, 2.45) is 0 Å². The molecule has 1 aliphatic heterocycles. The molecule has 6 nitrogen and oxygen atoms in total. The zero-order chi connectivity index (χ0) is 14.8. The number of nitrogens with zero attached hydrogens (tertiary/aromatic N) is 2. The molecule has 0 saturated carbocycles. The Bertz CT molecular complexity index is 294. The van der Waals surface area contributed by atoms with Gasteiger partial charge in [0.15, 0.2) is 0 Å². The number of amides is 2. The standard InChI is InChI=1S/C14H26N2O4/c1-19-11-9-16(10-12-20-2)14(18)13(17)15-7-5-3-4-6-8-15/h3-12H2,1-2H3. The van der Waals surface area contributed by atoms with Gasteiger partial charge in [0.05, 0.1) is 13.2 Å². The summed E-state index contributed by atoms with van der Waals surface area (Å²) in [6, 6.07) is 0. The number of hydrogen-bond donors (Lipinski definition) is 0. The number of carbonyl (C=O) groups is 2. The lowest BCUT2D eigenvalue weighted by Crippen LogP contribution is -2.47. The summed E-state index contributed by atoms with van der Waals surface area (Å²) in [5, 5.41) is 0. The van der Waals surface area contributed by atoms with Crippen LogP contribution in [0.15, 0.2) is 0 Å². The average molecular weight is 286 g/mol. The highest BCUT2D eigenvalue weighted by molar-refractivity contribution is 6.34. The Morgan fingerprint density at radius 1 is 0.950 bits per heavy atom. The van der Waals surface area contributed by atoms with Crippen molar-refractivity contribution in [1.29, 1.82) is 0 Å². The molecule has 0 aromatic carbocycles. The SMILES string of the molecule is COCCN(CCOC)C(=O)C(=O)N1CCCCCC1. The van der Waals surface area contributed by atoms with Crippen LogP contribution < -0.4 is 0 Å². The Morgan fingerprint density at radius 2 is 1.45 bits per heavy atom. The predicted molar refractivity (Wildman–Crippen MR) is 75.4 cm³/mol. The summed E-state index contributed by atoms with van der Waals surface area (Å²) in [5.41, 5.74) is 0. The molecule has 1 fully saturated rings. The van der Waals surface area contributed by atoms with Gasteiger partial charge in [-0.15, -0.1) is 0 Å². The maximum absolute atomic E-state index is 12.3. The summed E-state index contributed by atoms with van der Waals surface area (Å²) in [5.74, 6) is -0.833. The molecule has 0 spiro atoms. The first-order chi connectivity index (χ1) is 9.70. The van der Waals surface area contributed by atoms with Gasteiger partial charge in [-0.25, -0.2) is 0 Å². The summed E-state index contributed by atoms with van der Waals surface area (Å²) < 4.78 is 9.98. The van der Waals surface area contributed by atoms with E-state index in [9.17, 15) is 9.59 Å². The second kappa shape index (κ2) is 9.72. The zero-order valence-corrected chi connectivity index (χ0v) is 12.6. The molecule has 0 radical (unpaired) electrons. The summed E-state index contributed by atoms with van der Waals surface area (Å²) in [6.45, 7) is 3.04. The number of carbonyl (C=O) groups excluding carboxylic acids is 2. The van der Waals surface area contributed by atoms with E-state index in [2.05, 4.69) is 0 Å². The third-order valence-corrected chi connectivity index (χ3v) is 3.49. The molecular weight excluding hydrogens is 260 g/mol. The van der Waals surface area contributed by atoms with Crippen molar-refractivity contribution < 1.29 is 19.1 Å². The number of hydrogen-bond acceptors (Lipinski definition) is 4. The lowest BCUT2D eigenvalue weighted by Gasteiger charge is -2.25. The van der Waals surface area contributed by atoms with Crippen LogP contribution >= 0.6 is 0 Å². The first-order valence-corrected chi connectivity index (χ1v) is 7.26. The van der Waals surface area contributed by atoms with Gasteiger partial charge in [-0.3, -0.25) is 9.59 Å². The predicted octanol–water partition coefficient (Wildman–Crippen LogP) is 0.510. The van der Waals surface area contributed by atoms with Gasteiger partial charge in [-0.05, 0) is 12.8 Å². The number of rotatable bonds is 6. The van der Waals surface area contributed by atoms with Gasteiger partial charge in [0.2, 0.25) is 0 Å². The Morgan fingerprint density at radius 3 is 1.90 bits per heavy atom. The topological polar surface area (TPSA) is 59.1 Å². The van der Waals surface area contributed by atoms with Crippen LogP contribution in [0.4, 0.5) is 0 Å². The van der Waals surface area contributed by atoms with Crippen LogP contribution in [0.25, 0.3) is 0 Å². The smallest absolute Gasteiger partial charge is 0.312 e. The van der Waals surface area contributed by atoms with Crippen molar-refractivity contribution in [2.45, 2.75) is 25.7 Å². The molecule has 0 aromatic heterocycles. The fourth-order valence-electron chi connectivity index (χ4n) is 2.26. The van der Waals surface area contributed by atoms with Crippen molar-refractivity contribution in [3.8, 4) is 0 Å².